The molecule has 0 radical (unpaired) electrons. The SMILES string of the molecule is CC(=O)OC[C@H]1O[C@@H](c2c(O)cc(O)c3c(=O)c(-c4ccc(O)c(O)c4)coc23)[C@H](O)[C@@H](O)[C@@H]1O. The van der Waals surface area contributed by atoms with Gasteiger partial charge in [0, 0.05) is 13.0 Å². The van der Waals surface area contributed by atoms with Gasteiger partial charge in [-0.1, -0.05) is 6.07 Å². The first-order valence-corrected chi connectivity index (χ1v) is 10.4. The number of esters is 1. The summed E-state index contributed by atoms with van der Waals surface area (Å²) >= 11 is 0. The average molecular weight is 490 g/mol. The highest BCUT2D eigenvalue weighted by Crippen LogP contribution is 2.43. The molecular formula is C23H22O12. The number of aliphatic hydroxyl groups is 3. The van der Waals surface area contributed by atoms with E-state index in [-0.39, 0.29) is 22.3 Å². The molecule has 12 nitrogen and oxygen atoms in total. The molecule has 1 aromatic heterocycles. The van der Waals surface area contributed by atoms with E-state index in [0.717, 1.165) is 31.4 Å². The number of rotatable bonds is 4. The Bertz CT molecular complexity index is 1350. The fourth-order valence-electron chi connectivity index (χ4n) is 3.99. The van der Waals surface area contributed by atoms with Gasteiger partial charge in [-0.25, -0.2) is 0 Å². The lowest BCUT2D eigenvalue weighted by molar-refractivity contribution is -0.234. The van der Waals surface area contributed by atoms with E-state index >= 15 is 0 Å². The molecule has 4 rings (SSSR count). The fourth-order valence-corrected chi connectivity index (χ4v) is 3.99. The third kappa shape index (κ3) is 4.23. The maximum Gasteiger partial charge on any atom is 0.302 e. The highest BCUT2D eigenvalue weighted by Gasteiger charge is 2.46. The summed E-state index contributed by atoms with van der Waals surface area (Å²) in [5.74, 6) is -2.91. The molecule has 0 bridgehead atoms. The van der Waals surface area contributed by atoms with Gasteiger partial charge in [-0.3, -0.25) is 9.59 Å². The number of fused-ring (bicyclic) bond motifs is 1. The van der Waals surface area contributed by atoms with Crippen LogP contribution < -0.4 is 5.43 Å². The van der Waals surface area contributed by atoms with Crippen LogP contribution in [0, 0.1) is 0 Å². The van der Waals surface area contributed by atoms with Crippen molar-refractivity contribution in [1.82, 2.24) is 0 Å². The van der Waals surface area contributed by atoms with Gasteiger partial charge in [0.05, 0.1) is 11.1 Å². The van der Waals surface area contributed by atoms with Crippen molar-refractivity contribution in [1.29, 1.82) is 0 Å². The molecule has 35 heavy (non-hydrogen) atoms. The van der Waals surface area contributed by atoms with Gasteiger partial charge in [-0.15, -0.1) is 0 Å². The van der Waals surface area contributed by atoms with Crippen LogP contribution in [-0.2, 0) is 14.3 Å². The highest BCUT2D eigenvalue weighted by atomic mass is 16.6. The lowest BCUT2D eigenvalue weighted by Crippen LogP contribution is -2.55. The number of ether oxygens (including phenoxy) is 2. The quantitative estimate of drug-likeness (QED) is 0.195. The van der Waals surface area contributed by atoms with E-state index in [1.807, 2.05) is 0 Å². The molecule has 7 N–H and O–H groups in total. The second kappa shape index (κ2) is 9.07. The average Bonchev–Trinajstić information content (AvgIpc) is 2.79. The Kier molecular flexibility index (Phi) is 6.30. The van der Waals surface area contributed by atoms with Crippen LogP contribution in [0.25, 0.3) is 22.1 Å². The number of phenols is 4. The van der Waals surface area contributed by atoms with Gasteiger partial charge >= 0.3 is 5.97 Å². The summed E-state index contributed by atoms with van der Waals surface area (Å²) in [4.78, 5) is 24.4. The molecule has 5 atom stereocenters. The fraction of sp³-hybridized carbons (Fsp3) is 0.304. The van der Waals surface area contributed by atoms with Crippen molar-refractivity contribution in [3.05, 3.63) is 46.3 Å². The number of hydrogen-bond acceptors (Lipinski definition) is 12. The van der Waals surface area contributed by atoms with E-state index in [9.17, 15) is 45.3 Å². The van der Waals surface area contributed by atoms with E-state index in [1.165, 1.54) is 6.07 Å². The zero-order valence-electron chi connectivity index (χ0n) is 18.2. The Morgan fingerprint density at radius 1 is 0.943 bits per heavy atom. The second-order valence-electron chi connectivity index (χ2n) is 8.08. The Labute approximate surface area is 196 Å². The first kappa shape index (κ1) is 24.3. The van der Waals surface area contributed by atoms with Crippen LogP contribution in [0.1, 0.15) is 18.6 Å². The molecule has 1 fully saturated rings. The largest absolute Gasteiger partial charge is 0.507 e. The van der Waals surface area contributed by atoms with Gasteiger partial charge in [0.25, 0.3) is 0 Å². The zero-order valence-corrected chi connectivity index (χ0v) is 18.2. The molecule has 0 aliphatic carbocycles. The minimum absolute atomic E-state index is 0.104. The summed E-state index contributed by atoms with van der Waals surface area (Å²) < 4.78 is 16.0. The number of carbonyl (C=O) groups excluding carboxylic acids is 1. The molecule has 1 aliphatic heterocycles. The Hall–Kier alpha value is -3.84. The summed E-state index contributed by atoms with van der Waals surface area (Å²) in [6, 6.07) is 4.41. The third-order valence-electron chi connectivity index (χ3n) is 5.78. The summed E-state index contributed by atoms with van der Waals surface area (Å²) in [6.07, 6.45) is -7.14. The van der Waals surface area contributed by atoms with Gasteiger partial charge in [0.1, 0.15) is 60.3 Å². The van der Waals surface area contributed by atoms with E-state index in [1.54, 1.807) is 0 Å². The van der Waals surface area contributed by atoms with Gasteiger partial charge in [-0.2, -0.15) is 0 Å². The van der Waals surface area contributed by atoms with Gasteiger partial charge in [0.15, 0.2) is 17.1 Å². The van der Waals surface area contributed by atoms with Crippen molar-refractivity contribution >= 4 is 16.9 Å². The minimum Gasteiger partial charge on any atom is -0.507 e. The molecule has 2 aromatic carbocycles. The number of hydrogen-bond donors (Lipinski definition) is 7. The van der Waals surface area contributed by atoms with Crippen LogP contribution in [0.15, 0.2) is 39.7 Å². The van der Waals surface area contributed by atoms with E-state index in [2.05, 4.69) is 0 Å². The zero-order chi connectivity index (χ0) is 25.6. The Morgan fingerprint density at radius 2 is 1.66 bits per heavy atom. The standard InChI is InChI=1S/C23H22O12/c1-8(24)33-7-15-19(30)20(31)21(32)23(35-15)17-14(28)5-13(27)16-18(29)10(6-34-22(16)17)9-2-3-11(25)12(26)4-9/h2-6,15,19-21,23,25-28,30-32H,7H2,1H3/t15-,19-,20+,21-,23+/m1/s1. The smallest absolute Gasteiger partial charge is 0.302 e. The molecule has 0 unspecified atom stereocenters. The van der Waals surface area contributed by atoms with Crippen LogP contribution in [-0.4, -0.2) is 72.7 Å². The predicted molar refractivity (Wildman–Crippen MR) is 117 cm³/mol. The first-order valence-electron chi connectivity index (χ1n) is 10.4. The third-order valence-corrected chi connectivity index (χ3v) is 5.78. The van der Waals surface area contributed by atoms with Gasteiger partial charge in [0.2, 0.25) is 5.43 Å². The van der Waals surface area contributed by atoms with Crippen molar-refractivity contribution in [2.45, 2.75) is 37.4 Å². The van der Waals surface area contributed by atoms with E-state index in [4.69, 9.17) is 13.9 Å². The Balaban J connectivity index is 1.86. The van der Waals surface area contributed by atoms with Crippen LogP contribution in [0.5, 0.6) is 23.0 Å². The van der Waals surface area contributed by atoms with Gasteiger partial charge in [-0.05, 0) is 17.7 Å². The Morgan fingerprint density at radius 3 is 2.31 bits per heavy atom. The lowest BCUT2D eigenvalue weighted by atomic mass is 9.89. The molecule has 2 heterocycles. The second-order valence-corrected chi connectivity index (χ2v) is 8.08. The minimum atomic E-state index is -1.81. The van der Waals surface area contributed by atoms with Crippen LogP contribution in [0.2, 0.25) is 0 Å². The molecule has 1 saturated heterocycles. The van der Waals surface area contributed by atoms with E-state index < -0.39 is 76.9 Å². The van der Waals surface area contributed by atoms with Gasteiger partial charge < -0.3 is 49.6 Å². The van der Waals surface area contributed by atoms with Crippen molar-refractivity contribution < 1.29 is 54.4 Å². The number of carbonyl (C=O) groups is 1. The molecule has 12 heteroatoms. The number of benzene rings is 2. The molecule has 186 valence electrons. The predicted octanol–water partition coefficient (Wildman–Crippen LogP) is 0.368. The summed E-state index contributed by atoms with van der Waals surface area (Å²) in [6.45, 7) is 0.642. The number of aromatic hydroxyl groups is 4. The van der Waals surface area contributed by atoms with Crippen LogP contribution in [0.4, 0.5) is 0 Å². The highest BCUT2D eigenvalue weighted by molar-refractivity contribution is 5.91. The number of phenolic OH excluding ortho intramolecular Hbond substituents is 4. The van der Waals surface area contributed by atoms with E-state index in [0.29, 0.717) is 0 Å². The van der Waals surface area contributed by atoms with Crippen LogP contribution in [0.3, 0.4) is 0 Å². The summed E-state index contributed by atoms with van der Waals surface area (Å²) in [7, 11) is 0. The lowest BCUT2D eigenvalue weighted by Gasteiger charge is -2.40. The van der Waals surface area contributed by atoms with Crippen molar-refractivity contribution in [3.8, 4) is 34.1 Å². The van der Waals surface area contributed by atoms with Crippen LogP contribution >= 0.6 is 0 Å². The summed E-state index contributed by atoms with van der Waals surface area (Å²) in [5, 5.41) is 71.0. The number of aliphatic hydroxyl groups excluding tert-OH is 3. The monoisotopic (exact) mass is 490 g/mol. The molecule has 0 saturated carbocycles. The molecular weight excluding hydrogens is 468 g/mol. The first-order chi connectivity index (χ1) is 16.5. The summed E-state index contributed by atoms with van der Waals surface area (Å²) in [5.41, 5.74) is -1.41. The van der Waals surface area contributed by atoms with Crippen molar-refractivity contribution in [2.24, 2.45) is 0 Å². The maximum absolute atomic E-state index is 13.2. The van der Waals surface area contributed by atoms with Crippen molar-refractivity contribution in [2.75, 3.05) is 6.61 Å². The molecule has 0 spiro atoms. The molecule has 3 aromatic rings. The topological polar surface area (TPSA) is 207 Å². The molecule has 0 amide bonds. The normalized spacial score (nSPS) is 24.4. The van der Waals surface area contributed by atoms with Crippen molar-refractivity contribution in [3.63, 3.8) is 0 Å². The molecule has 1 aliphatic rings. The maximum atomic E-state index is 13.2.